The molecule has 0 spiro atoms. The number of aryl methyl sites for hydroxylation is 1. The van der Waals surface area contributed by atoms with E-state index in [0.717, 1.165) is 5.56 Å². The second-order valence-corrected chi connectivity index (χ2v) is 4.58. The number of ether oxygens (including phenoxy) is 3. The monoisotopic (exact) mass is 286 g/mol. The molecule has 2 rings (SSSR count). The van der Waals surface area contributed by atoms with Gasteiger partial charge >= 0.3 is 0 Å². The lowest BCUT2D eigenvalue weighted by molar-refractivity contribution is 0.103. The van der Waals surface area contributed by atoms with Gasteiger partial charge in [-0.1, -0.05) is 29.8 Å². The summed E-state index contributed by atoms with van der Waals surface area (Å²) in [7, 11) is 4.56. The highest BCUT2D eigenvalue weighted by Crippen LogP contribution is 2.40. The first-order valence-electron chi connectivity index (χ1n) is 6.52. The lowest BCUT2D eigenvalue weighted by Gasteiger charge is -2.15. The predicted molar refractivity (Wildman–Crippen MR) is 80.7 cm³/mol. The van der Waals surface area contributed by atoms with Crippen LogP contribution >= 0.6 is 0 Å². The number of ketones is 1. The van der Waals surface area contributed by atoms with E-state index in [1.165, 1.54) is 14.2 Å². The van der Waals surface area contributed by atoms with Crippen LogP contribution in [0.25, 0.3) is 0 Å². The summed E-state index contributed by atoms with van der Waals surface area (Å²) in [5.74, 6) is 1.20. The Kier molecular flexibility index (Phi) is 4.48. The second-order valence-electron chi connectivity index (χ2n) is 4.58. The smallest absolute Gasteiger partial charge is 0.204 e. The zero-order valence-electron chi connectivity index (χ0n) is 12.6. The van der Waals surface area contributed by atoms with Gasteiger partial charge in [-0.15, -0.1) is 0 Å². The Morgan fingerprint density at radius 2 is 1.43 bits per heavy atom. The van der Waals surface area contributed by atoms with Gasteiger partial charge in [-0.2, -0.15) is 0 Å². The fourth-order valence-corrected chi connectivity index (χ4v) is 2.14. The largest absolute Gasteiger partial charge is 0.493 e. The molecule has 4 nitrogen and oxygen atoms in total. The van der Waals surface area contributed by atoms with E-state index in [1.54, 1.807) is 31.4 Å². The van der Waals surface area contributed by atoms with Crippen molar-refractivity contribution >= 4 is 5.78 Å². The standard InChI is InChI=1S/C17H18O4/c1-11-5-7-12(8-6-11)15(18)13-9-10-14(19-2)17(21-4)16(13)20-3/h5-10H,1-4H3. The molecule has 0 unspecified atom stereocenters. The lowest BCUT2D eigenvalue weighted by atomic mass is 10.0. The van der Waals surface area contributed by atoms with E-state index >= 15 is 0 Å². The molecule has 0 aliphatic heterocycles. The zero-order chi connectivity index (χ0) is 15.4. The Balaban J connectivity index is 2.53. The molecule has 110 valence electrons. The van der Waals surface area contributed by atoms with E-state index in [-0.39, 0.29) is 5.78 Å². The van der Waals surface area contributed by atoms with Crippen LogP contribution in [0.1, 0.15) is 21.5 Å². The third-order valence-electron chi connectivity index (χ3n) is 3.26. The Labute approximate surface area is 124 Å². The molecule has 0 radical (unpaired) electrons. The molecule has 0 saturated carbocycles. The maximum Gasteiger partial charge on any atom is 0.204 e. The van der Waals surface area contributed by atoms with Crippen LogP contribution in [-0.2, 0) is 0 Å². The van der Waals surface area contributed by atoms with Gasteiger partial charge in [0.25, 0.3) is 0 Å². The molecule has 0 aliphatic carbocycles. The molecule has 0 bridgehead atoms. The summed E-state index contributed by atoms with van der Waals surface area (Å²) in [6.07, 6.45) is 0. The van der Waals surface area contributed by atoms with E-state index in [1.807, 2.05) is 19.1 Å². The number of rotatable bonds is 5. The molecule has 0 aliphatic rings. The van der Waals surface area contributed by atoms with Crippen molar-refractivity contribution in [1.29, 1.82) is 0 Å². The molecule has 21 heavy (non-hydrogen) atoms. The quantitative estimate of drug-likeness (QED) is 0.791. The molecule has 0 saturated heterocycles. The predicted octanol–water partition coefficient (Wildman–Crippen LogP) is 3.25. The van der Waals surface area contributed by atoms with Gasteiger partial charge in [-0.25, -0.2) is 0 Å². The van der Waals surface area contributed by atoms with Crippen molar-refractivity contribution in [1.82, 2.24) is 0 Å². The van der Waals surface area contributed by atoms with Crippen LogP contribution < -0.4 is 14.2 Å². The van der Waals surface area contributed by atoms with E-state index in [0.29, 0.717) is 28.4 Å². The van der Waals surface area contributed by atoms with Crippen molar-refractivity contribution in [2.45, 2.75) is 6.92 Å². The number of hydrogen-bond donors (Lipinski definition) is 0. The molecular weight excluding hydrogens is 268 g/mol. The van der Waals surface area contributed by atoms with Crippen molar-refractivity contribution < 1.29 is 19.0 Å². The molecule has 0 atom stereocenters. The average Bonchev–Trinajstić information content (AvgIpc) is 2.53. The van der Waals surface area contributed by atoms with Gasteiger partial charge in [0.05, 0.1) is 26.9 Å². The minimum absolute atomic E-state index is 0.118. The fraction of sp³-hybridized carbons (Fsp3) is 0.235. The van der Waals surface area contributed by atoms with Crippen LogP contribution in [0.15, 0.2) is 36.4 Å². The maximum atomic E-state index is 12.6. The summed E-state index contributed by atoms with van der Waals surface area (Å²) in [6, 6.07) is 10.8. The summed E-state index contributed by atoms with van der Waals surface area (Å²) in [4.78, 5) is 12.6. The van der Waals surface area contributed by atoms with E-state index in [4.69, 9.17) is 14.2 Å². The number of carbonyl (C=O) groups is 1. The normalized spacial score (nSPS) is 10.1. The second kappa shape index (κ2) is 6.31. The fourth-order valence-electron chi connectivity index (χ4n) is 2.14. The van der Waals surface area contributed by atoms with Gasteiger partial charge in [-0.3, -0.25) is 4.79 Å². The Morgan fingerprint density at radius 1 is 0.810 bits per heavy atom. The third-order valence-corrected chi connectivity index (χ3v) is 3.26. The first-order chi connectivity index (χ1) is 10.1. The molecule has 0 amide bonds. The van der Waals surface area contributed by atoms with E-state index < -0.39 is 0 Å². The Hall–Kier alpha value is -2.49. The van der Waals surface area contributed by atoms with Gasteiger partial charge in [0.2, 0.25) is 5.75 Å². The van der Waals surface area contributed by atoms with Gasteiger partial charge in [0.1, 0.15) is 0 Å². The first-order valence-corrected chi connectivity index (χ1v) is 6.52. The molecule has 2 aromatic rings. The number of carbonyl (C=O) groups excluding carboxylic acids is 1. The summed E-state index contributed by atoms with van der Waals surface area (Å²) >= 11 is 0. The number of benzene rings is 2. The van der Waals surface area contributed by atoms with Crippen molar-refractivity contribution in [2.24, 2.45) is 0 Å². The maximum absolute atomic E-state index is 12.6. The summed E-state index contributed by atoms with van der Waals surface area (Å²) in [6.45, 7) is 1.98. The van der Waals surface area contributed by atoms with Crippen LogP contribution in [0.3, 0.4) is 0 Å². The van der Waals surface area contributed by atoms with Crippen molar-refractivity contribution in [2.75, 3.05) is 21.3 Å². The topological polar surface area (TPSA) is 44.8 Å². The highest BCUT2D eigenvalue weighted by molar-refractivity contribution is 6.11. The Morgan fingerprint density at radius 3 is 1.95 bits per heavy atom. The lowest BCUT2D eigenvalue weighted by Crippen LogP contribution is -2.06. The molecule has 4 heteroatoms. The van der Waals surface area contributed by atoms with Crippen LogP contribution in [0.4, 0.5) is 0 Å². The molecular formula is C17H18O4. The van der Waals surface area contributed by atoms with Crippen LogP contribution in [0, 0.1) is 6.92 Å². The minimum Gasteiger partial charge on any atom is -0.493 e. The minimum atomic E-state index is -0.118. The molecule has 0 aromatic heterocycles. The zero-order valence-corrected chi connectivity index (χ0v) is 12.6. The first kappa shape index (κ1) is 14.9. The van der Waals surface area contributed by atoms with Gasteiger partial charge in [0.15, 0.2) is 17.3 Å². The Bertz CT molecular complexity index is 645. The van der Waals surface area contributed by atoms with Crippen molar-refractivity contribution in [3.63, 3.8) is 0 Å². The number of methoxy groups -OCH3 is 3. The van der Waals surface area contributed by atoms with Gasteiger partial charge in [-0.05, 0) is 19.1 Å². The molecule has 2 aromatic carbocycles. The van der Waals surface area contributed by atoms with Crippen LogP contribution in [0.2, 0.25) is 0 Å². The average molecular weight is 286 g/mol. The van der Waals surface area contributed by atoms with Crippen molar-refractivity contribution in [3.8, 4) is 17.2 Å². The van der Waals surface area contributed by atoms with Crippen molar-refractivity contribution in [3.05, 3.63) is 53.1 Å². The molecule has 0 heterocycles. The summed E-state index contributed by atoms with van der Waals surface area (Å²) < 4.78 is 15.9. The highest BCUT2D eigenvalue weighted by Gasteiger charge is 2.21. The van der Waals surface area contributed by atoms with Crippen LogP contribution in [0.5, 0.6) is 17.2 Å². The summed E-state index contributed by atoms with van der Waals surface area (Å²) in [5.41, 5.74) is 2.15. The van der Waals surface area contributed by atoms with E-state index in [2.05, 4.69) is 0 Å². The van der Waals surface area contributed by atoms with Gasteiger partial charge in [0, 0.05) is 5.56 Å². The third kappa shape index (κ3) is 2.84. The molecule has 0 fully saturated rings. The van der Waals surface area contributed by atoms with Gasteiger partial charge < -0.3 is 14.2 Å². The summed E-state index contributed by atoms with van der Waals surface area (Å²) in [5, 5.41) is 0. The van der Waals surface area contributed by atoms with Crippen LogP contribution in [-0.4, -0.2) is 27.1 Å². The number of hydrogen-bond acceptors (Lipinski definition) is 4. The highest BCUT2D eigenvalue weighted by atomic mass is 16.5. The van der Waals surface area contributed by atoms with E-state index in [9.17, 15) is 4.79 Å². The SMILES string of the molecule is COc1ccc(C(=O)c2ccc(C)cc2)c(OC)c1OC. The molecule has 0 N–H and O–H groups in total.